The van der Waals surface area contributed by atoms with E-state index in [1.54, 1.807) is 37.9 Å². The molecule has 156 valence electrons. The van der Waals surface area contributed by atoms with E-state index in [9.17, 15) is 4.79 Å². The Balaban J connectivity index is 1.89. The Morgan fingerprint density at radius 3 is 2.41 bits per heavy atom. The molecule has 8 heteroatoms. The lowest BCUT2D eigenvalue weighted by Gasteiger charge is -2.15. The molecule has 2 N–H and O–H groups in total. The second-order valence-corrected chi connectivity index (χ2v) is 7.99. The number of carbonyl (C=O) groups is 1. The summed E-state index contributed by atoms with van der Waals surface area (Å²) < 4.78 is 5.18. The molecule has 29 heavy (non-hydrogen) atoms. The van der Waals surface area contributed by atoms with Crippen molar-refractivity contribution in [3.63, 3.8) is 0 Å². The monoisotopic (exact) mass is 434 g/mol. The van der Waals surface area contributed by atoms with Crippen LogP contribution in [-0.2, 0) is 11.3 Å². The minimum Gasteiger partial charge on any atom is -0.497 e. The zero-order chi connectivity index (χ0) is 21.1. The number of nitrogens with one attached hydrogen (secondary N) is 2. The number of thioether (sulfide) groups is 1. The van der Waals surface area contributed by atoms with Gasteiger partial charge in [-0.25, -0.2) is 4.99 Å². The average molecular weight is 435 g/mol. The number of guanidine groups is 1. The predicted molar refractivity (Wildman–Crippen MR) is 121 cm³/mol. The standard InChI is InChI=1S/C21H27ClN4O2S/c1-26(2)20(27)15-25-21(24-14-16-4-8-18(28-3)9-5-16)23-12-13-29-19-10-6-17(22)7-11-19/h4-11H,12-15H2,1-3H3,(H2,23,24,25). The summed E-state index contributed by atoms with van der Waals surface area (Å²) in [6, 6.07) is 15.5. The number of rotatable bonds is 9. The van der Waals surface area contributed by atoms with Gasteiger partial charge in [0.15, 0.2) is 5.96 Å². The van der Waals surface area contributed by atoms with Gasteiger partial charge < -0.3 is 20.3 Å². The van der Waals surface area contributed by atoms with Gasteiger partial charge in [-0.05, 0) is 42.0 Å². The summed E-state index contributed by atoms with van der Waals surface area (Å²) >= 11 is 7.64. The Morgan fingerprint density at radius 1 is 1.10 bits per heavy atom. The van der Waals surface area contributed by atoms with Crippen LogP contribution in [0.4, 0.5) is 0 Å². The Labute approximate surface area is 181 Å². The molecule has 6 nitrogen and oxygen atoms in total. The minimum absolute atomic E-state index is 0.0144. The van der Waals surface area contributed by atoms with Crippen LogP contribution in [-0.4, -0.2) is 56.8 Å². The molecular weight excluding hydrogens is 408 g/mol. The van der Waals surface area contributed by atoms with Crippen molar-refractivity contribution in [3.8, 4) is 5.75 Å². The first-order valence-corrected chi connectivity index (χ1v) is 10.6. The maximum atomic E-state index is 11.9. The highest BCUT2D eigenvalue weighted by Gasteiger charge is 2.06. The number of hydrogen-bond donors (Lipinski definition) is 2. The lowest BCUT2D eigenvalue weighted by atomic mass is 10.2. The number of ether oxygens (including phenoxy) is 1. The third kappa shape index (κ3) is 8.66. The smallest absolute Gasteiger partial charge is 0.241 e. The first kappa shape index (κ1) is 22.9. The zero-order valence-corrected chi connectivity index (χ0v) is 18.5. The van der Waals surface area contributed by atoms with E-state index in [-0.39, 0.29) is 12.5 Å². The number of nitrogens with zero attached hydrogens (tertiary/aromatic N) is 2. The fourth-order valence-corrected chi connectivity index (χ4v) is 3.16. The average Bonchev–Trinajstić information content (AvgIpc) is 2.73. The Hall–Kier alpha value is -2.38. The van der Waals surface area contributed by atoms with Crippen molar-refractivity contribution in [3.05, 3.63) is 59.1 Å². The van der Waals surface area contributed by atoms with Crippen LogP contribution in [0, 0.1) is 0 Å². The number of hydrogen-bond acceptors (Lipinski definition) is 4. The molecule has 0 heterocycles. The molecule has 2 aromatic carbocycles. The Bertz CT molecular complexity index is 795. The molecule has 0 atom stereocenters. The summed E-state index contributed by atoms with van der Waals surface area (Å²) in [6.45, 7) is 1.39. The van der Waals surface area contributed by atoms with Crippen LogP contribution >= 0.6 is 23.4 Å². The van der Waals surface area contributed by atoms with Crippen LogP contribution in [0.1, 0.15) is 5.56 Å². The fraction of sp³-hybridized carbons (Fsp3) is 0.333. The molecule has 0 radical (unpaired) electrons. The molecule has 0 aliphatic rings. The van der Waals surface area contributed by atoms with Gasteiger partial charge in [0.25, 0.3) is 0 Å². The van der Waals surface area contributed by atoms with Crippen LogP contribution in [0.5, 0.6) is 5.75 Å². The largest absolute Gasteiger partial charge is 0.497 e. The van der Waals surface area contributed by atoms with Crippen molar-refractivity contribution in [2.45, 2.75) is 11.4 Å². The van der Waals surface area contributed by atoms with E-state index >= 15 is 0 Å². The van der Waals surface area contributed by atoms with E-state index in [1.807, 2.05) is 48.5 Å². The van der Waals surface area contributed by atoms with Crippen molar-refractivity contribution < 1.29 is 9.53 Å². The van der Waals surface area contributed by atoms with E-state index in [4.69, 9.17) is 16.3 Å². The minimum atomic E-state index is -0.0144. The number of benzene rings is 2. The van der Waals surface area contributed by atoms with Crippen molar-refractivity contribution in [2.24, 2.45) is 4.99 Å². The third-order valence-electron chi connectivity index (χ3n) is 3.96. The summed E-state index contributed by atoms with van der Waals surface area (Å²) in [4.78, 5) is 19.2. The molecule has 0 fully saturated rings. The van der Waals surface area contributed by atoms with E-state index < -0.39 is 0 Å². The molecule has 0 aliphatic heterocycles. The third-order valence-corrected chi connectivity index (χ3v) is 5.23. The van der Waals surface area contributed by atoms with Gasteiger partial charge in [0.1, 0.15) is 5.75 Å². The second-order valence-electron chi connectivity index (χ2n) is 6.38. The number of aliphatic imine (C=N–C) groups is 1. The Kier molecular flexibility index (Phi) is 9.67. The second kappa shape index (κ2) is 12.2. The van der Waals surface area contributed by atoms with Crippen LogP contribution in [0.15, 0.2) is 58.4 Å². The van der Waals surface area contributed by atoms with Gasteiger partial charge in [0, 0.05) is 36.3 Å². The zero-order valence-electron chi connectivity index (χ0n) is 16.9. The molecule has 0 unspecified atom stereocenters. The van der Waals surface area contributed by atoms with E-state index in [0.29, 0.717) is 19.0 Å². The molecule has 1 amide bonds. The maximum absolute atomic E-state index is 11.9. The normalized spacial score (nSPS) is 11.1. The van der Waals surface area contributed by atoms with Crippen molar-refractivity contribution in [1.29, 1.82) is 0 Å². The molecule has 0 saturated heterocycles. The van der Waals surface area contributed by atoms with Gasteiger partial charge in [-0.1, -0.05) is 23.7 Å². The van der Waals surface area contributed by atoms with Crippen LogP contribution in [0.2, 0.25) is 5.02 Å². The van der Waals surface area contributed by atoms with Crippen molar-refractivity contribution in [2.75, 3.05) is 40.0 Å². The van der Waals surface area contributed by atoms with E-state index in [0.717, 1.165) is 27.0 Å². The summed E-state index contributed by atoms with van der Waals surface area (Å²) in [5.74, 6) is 2.25. The van der Waals surface area contributed by atoms with E-state index in [2.05, 4.69) is 15.6 Å². The van der Waals surface area contributed by atoms with Crippen LogP contribution in [0.25, 0.3) is 0 Å². The highest BCUT2D eigenvalue weighted by Crippen LogP contribution is 2.19. The SMILES string of the molecule is COc1ccc(CN=C(NCCSc2ccc(Cl)cc2)NCC(=O)N(C)C)cc1. The number of halogens is 1. The first-order chi connectivity index (χ1) is 14.0. The van der Waals surface area contributed by atoms with Gasteiger partial charge in [-0.2, -0.15) is 0 Å². The molecule has 0 saturated carbocycles. The molecular formula is C21H27ClN4O2S. The van der Waals surface area contributed by atoms with Crippen molar-refractivity contribution in [1.82, 2.24) is 15.5 Å². The van der Waals surface area contributed by atoms with Gasteiger partial charge in [-0.3, -0.25) is 4.79 Å². The number of amides is 1. The fourth-order valence-electron chi connectivity index (χ4n) is 2.26. The van der Waals surface area contributed by atoms with Gasteiger partial charge in [-0.15, -0.1) is 11.8 Å². The highest BCUT2D eigenvalue weighted by atomic mass is 35.5. The number of carbonyl (C=O) groups excluding carboxylic acids is 1. The lowest BCUT2D eigenvalue weighted by molar-refractivity contribution is -0.127. The Morgan fingerprint density at radius 2 is 1.79 bits per heavy atom. The van der Waals surface area contributed by atoms with Gasteiger partial charge in [0.05, 0.1) is 20.2 Å². The van der Waals surface area contributed by atoms with Crippen molar-refractivity contribution >= 4 is 35.2 Å². The molecule has 0 spiro atoms. The summed E-state index contributed by atoms with van der Waals surface area (Å²) in [6.07, 6.45) is 0. The van der Waals surface area contributed by atoms with Gasteiger partial charge in [0.2, 0.25) is 5.91 Å². The van der Waals surface area contributed by atoms with Crippen LogP contribution in [0.3, 0.4) is 0 Å². The quantitative estimate of drug-likeness (QED) is 0.274. The summed E-state index contributed by atoms with van der Waals surface area (Å²) in [7, 11) is 5.10. The lowest BCUT2D eigenvalue weighted by Crippen LogP contribution is -2.43. The summed E-state index contributed by atoms with van der Waals surface area (Å²) in [5.41, 5.74) is 1.06. The molecule has 2 aromatic rings. The number of methoxy groups -OCH3 is 1. The molecule has 0 aliphatic carbocycles. The predicted octanol–water partition coefficient (Wildman–Crippen LogP) is 3.26. The number of likely N-dealkylation sites (N-methyl/N-ethyl adjacent to an activating group) is 1. The first-order valence-electron chi connectivity index (χ1n) is 9.21. The highest BCUT2D eigenvalue weighted by molar-refractivity contribution is 7.99. The maximum Gasteiger partial charge on any atom is 0.241 e. The van der Waals surface area contributed by atoms with Gasteiger partial charge >= 0.3 is 0 Å². The van der Waals surface area contributed by atoms with E-state index in [1.165, 1.54) is 0 Å². The molecule has 2 rings (SSSR count). The molecule has 0 aromatic heterocycles. The van der Waals surface area contributed by atoms with Crippen LogP contribution < -0.4 is 15.4 Å². The molecule has 0 bridgehead atoms. The summed E-state index contributed by atoms with van der Waals surface area (Å²) in [5, 5.41) is 7.11. The topological polar surface area (TPSA) is 66.0 Å².